The average Bonchev–Trinajstić information content (AvgIpc) is 2.51. The molecule has 0 fully saturated rings. The van der Waals surface area contributed by atoms with Crippen molar-refractivity contribution in [2.24, 2.45) is 5.92 Å². The molecule has 3 rings (SSSR count). The first-order valence-corrected chi connectivity index (χ1v) is 7.33. The number of hydrogen-bond donors (Lipinski definition) is 0. The van der Waals surface area contributed by atoms with Gasteiger partial charge >= 0.3 is 0 Å². The summed E-state index contributed by atoms with van der Waals surface area (Å²) in [6.07, 6.45) is 0. The normalized spacial score (nSPS) is 14.9. The van der Waals surface area contributed by atoms with Crippen LogP contribution in [0.3, 0.4) is 0 Å². The first-order chi connectivity index (χ1) is 10.0. The summed E-state index contributed by atoms with van der Waals surface area (Å²) in [6.45, 7) is 6.47. The molecule has 0 heterocycles. The third kappa shape index (κ3) is 2.11. The van der Waals surface area contributed by atoms with Crippen LogP contribution in [0.1, 0.15) is 64.1 Å². The molecule has 0 saturated carbocycles. The molecule has 2 aromatic carbocycles. The second-order valence-corrected chi connectivity index (χ2v) is 6.04. The van der Waals surface area contributed by atoms with E-state index in [-0.39, 0.29) is 11.6 Å². The van der Waals surface area contributed by atoms with E-state index in [0.717, 1.165) is 5.56 Å². The molecule has 1 aliphatic rings. The largest absolute Gasteiger partial charge is 0.289 e. The van der Waals surface area contributed by atoms with Gasteiger partial charge in [0, 0.05) is 22.3 Å². The maximum atomic E-state index is 12.6. The van der Waals surface area contributed by atoms with E-state index in [1.807, 2.05) is 12.1 Å². The van der Waals surface area contributed by atoms with Gasteiger partial charge in [0.15, 0.2) is 11.6 Å². The van der Waals surface area contributed by atoms with E-state index >= 15 is 0 Å². The van der Waals surface area contributed by atoms with Crippen LogP contribution in [0.25, 0.3) is 0 Å². The van der Waals surface area contributed by atoms with Crippen molar-refractivity contribution < 1.29 is 9.59 Å². The lowest BCUT2D eigenvalue weighted by molar-refractivity contribution is 0.0979. The summed E-state index contributed by atoms with van der Waals surface area (Å²) in [5, 5.41) is 0. The molecular weight excluding hydrogens is 260 g/mol. The van der Waals surface area contributed by atoms with Crippen molar-refractivity contribution in [3.63, 3.8) is 0 Å². The van der Waals surface area contributed by atoms with Gasteiger partial charge in [-0.2, -0.15) is 0 Å². The minimum absolute atomic E-state index is 0.0435. The van der Waals surface area contributed by atoms with Crippen LogP contribution in [-0.2, 0) is 0 Å². The lowest BCUT2D eigenvalue weighted by atomic mass is 9.81. The lowest BCUT2D eigenvalue weighted by Gasteiger charge is -2.21. The second kappa shape index (κ2) is 4.96. The van der Waals surface area contributed by atoms with Gasteiger partial charge in [-0.25, -0.2) is 0 Å². The molecule has 0 saturated heterocycles. The topological polar surface area (TPSA) is 34.1 Å². The van der Waals surface area contributed by atoms with Crippen molar-refractivity contribution in [1.29, 1.82) is 0 Å². The van der Waals surface area contributed by atoms with Gasteiger partial charge in [-0.3, -0.25) is 9.59 Å². The van der Waals surface area contributed by atoms with Crippen LogP contribution in [0, 0.1) is 5.92 Å². The van der Waals surface area contributed by atoms with Gasteiger partial charge in [-0.15, -0.1) is 0 Å². The Bertz CT molecular complexity index is 741. The van der Waals surface area contributed by atoms with E-state index in [2.05, 4.69) is 20.8 Å². The monoisotopic (exact) mass is 278 g/mol. The predicted molar refractivity (Wildman–Crippen MR) is 83.0 cm³/mol. The van der Waals surface area contributed by atoms with E-state index in [1.54, 1.807) is 30.3 Å². The Hall–Kier alpha value is -2.22. The maximum Gasteiger partial charge on any atom is 0.194 e. The van der Waals surface area contributed by atoms with Crippen molar-refractivity contribution in [2.75, 3.05) is 0 Å². The molecule has 2 heteroatoms. The Morgan fingerprint density at radius 1 is 0.714 bits per heavy atom. The Labute approximate surface area is 124 Å². The Morgan fingerprint density at radius 3 is 1.81 bits per heavy atom. The van der Waals surface area contributed by atoms with Gasteiger partial charge in [0.2, 0.25) is 0 Å². The average molecular weight is 278 g/mol. The SMILES string of the molecule is CC(C)C(C)c1ccc2c(c1)C(=O)c1ccccc1C2=O. The highest BCUT2D eigenvalue weighted by Crippen LogP contribution is 2.31. The summed E-state index contributed by atoms with van der Waals surface area (Å²) in [7, 11) is 0. The fourth-order valence-corrected chi connectivity index (χ4v) is 2.79. The summed E-state index contributed by atoms with van der Waals surface area (Å²) >= 11 is 0. The zero-order valence-corrected chi connectivity index (χ0v) is 12.5. The molecule has 21 heavy (non-hydrogen) atoms. The molecule has 1 atom stereocenters. The van der Waals surface area contributed by atoms with Crippen LogP contribution in [0.2, 0.25) is 0 Å². The third-order valence-corrected chi connectivity index (χ3v) is 4.47. The van der Waals surface area contributed by atoms with Gasteiger partial charge in [0.05, 0.1) is 0 Å². The number of carbonyl (C=O) groups excluding carboxylic acids is 2. The van der Waals surface area contributed by atoms with Crippen molar-refractivity contribution >= 4 is 11.6 Å². The Morgan fingerprint density at radius 2 is 1.24 bits per heavy atom. The molecular formula is C19H18O2. The highest BCUT2D eigenvalue weighted by Gasteiger charge is 2.29. The molecule has 0 spiro atoms. The van der Waals surface area contributed by atoms with Crippen LogP contribution >= 0.6 is 0 Å². The summed E-state index contributed by atoms with van der Waals surface area (Å²) in [4.78, 5) is 25.2. The fraction of sp³-hybridized carbons (Fsp3) is 0.263. The van der Waals surface area contributed by atoms with Gasteiger partial charge in [0.25, 0.3) is 0 Å². The summed E-state index contributed by atoms with van der Waals surface area (Å²) in [6, 6.07) is 12.7. The molecule has 2 aromatic rings. The molecule has 0 amide bonds. The Balaban J connectivity index is 2.15. The minimum Gasteiger partial charge on any atom is -0.289 e. The van der Waals surface area contributed by atoms with Gasteiger partial charge < -0.3 is 0 Å². The van der Waals surface area contributed by atoms with E-state index in [1.165, 1.54) is 0 Å². The fourth-order valence-electron chi connectivity index (χ4n) is 2.79. The van der Waals surface area contributed by atoms with Gasteiger partial charge in [-0.1, -0.05) is 57.2 Å². The van der Waals surface area contributed by atoms with Gasteiger partial charge in [-0.05, 0) is 23.5 Å². The standard InChI is InChI=1S/C19H18O2/c1-11(2)12(3)13-8-9-16-17(10-13)19(21)15-7-5-4-6-14(15)18(16)20/h4-12H,1-3H3. The van der Waals surface area contributed by atoms with Gasteiger partial charge in [0.1, 0.15) is 0 Å². The number of carbonyl (C=O) groups is 2. The lowest BCUT2D eigenvalue weighted by Crippen LogP contribution is -2.21. The number of hydrogen-bond acceptors (Lipinski definition) is 2. The van der Waals surface area contributed by atoms with Crippen molar-refractivity contribution in [1.82, 2.24) is 0 Å². The minimum atomic E-state index is -0.0519. The molecule has 0 aliphatic heterocycles. The predicted octanol–water partition coefficient (Wildman–Crippen LogP) is 4.22. The van der Waals surface area contributed by atoms with Crippen molar-refractivity contribution in [2.45, 2.75) is 26.7 Å². The van der Waals surface area contributed by atoms with Crippen LogP contribution in [0.4, 0.5) is 0 Å². The Kier molecular flexibility index (Phi) is 3.25. The molecule has 2 nitrogen and oxygen atoms in total. The highest BCUT2D eigenvalue weighted by molar-refractivity contribution is 6.28. The zero-order chi connectivity index (χ0) is 15.1. The number of benzene rings is 2. The van der Waals surface area contributed by atoms with E-state index in [9.17, 15) is 9.59 Å². The third-order valence-electron chi connectivity index (χ3n) is 4.47. The molecule has 1 unspecified atom stereocenters. The van der Waals surface area contributed by atoms with Crippen LogP contribution in [0.5, 0.6) is 0 Å². The zero-order valence-electron chi connectivity index (χ0n) is 12.5. The molecule has 106 valence electrons. The summed E-state index contributed by atoms with van der Waals surface area (Å²) in [5.41, 5.74) is 3.22. The highest BCUT2D eigenvalue weighted by atomic mass is 16.1. The van der Waals surface area contributed by atoms with E-state index in [0.29, 0.717) is 34.1 Å². The number of rotatable bonds is 2. The van der Waals surface area contributed by atoms with Crippen molar-refractivity contribution in [3.8, 4) is 0 Å². The molecule has 0 aromatic heterocycles. The van der Waals surface area contributed by atoms with Crippen LogP contribution < -0.4 is 0 Å². The van der Waals surface area contributed by atoms with Crippen LogP contribution in [0.15, 0.2) is 42.5 Å². The first kappa shape index (κ1) is 13.7. The molecule has 0 bridgehead atoms. The smallest absolute Gasteiger partial charge is 0.194 e. The molecule has 0 N–H and O–H groups in total. The van der Waals surface area contributed by atoms with Crippen molar-refractivity contribution in [3.05, 3.63) is 70.3 Å². The van der Waals surface area contributed by atoms with Crippen LogP contribution in [-0.4, -0.2) is 11.6 Å². The number of fused-ring (bicyclic) bond motifs is 2. The number of ketones is 2. The second-order valence-electron chi connectivity index (χ2n) is 6.04. The van der Waals surface area contributed by atoms with E-state index in [4.69, 9.17) is 0 Å². The molecule has 1 aliphatic carbocycles. The molecule has 0 radical (unpaired) electrons. The summed E-state index contributed by atoms with van der Waals surface area (Å²) in [5.74, 6) is 0.752. The maximum absolute atomic E-state index is 12.6. The summed E-state index contributed by atoms with van der Waals surface area (Å²) < 4.78 is 0. The first-order valence-electron chi connectivity index (χ1n) is 7.33. The quantitative estimate of drug-likeness (QED) is 0.703. The van der Waals surface area contributed by atoms with E-state index < -0.39 is 0 Å².